The van der Waals surface area contributed by atoms with E-state index in [1.807, 2.05) is 37.3 Å². The minimum Gasteiger partial charge on any atom is -0.480 e. The van der Waals surface area contributed by atoms with Crippen LogP contribution in [0.3, 0.4) is 0 Å². The Kier molecular flexibility index (Phi) is 4.74. The second kappa shape index (κ2) is 6.52. The van der Waals surface area contributed by atoms with Crippen molar-refractivity contribution in [3.05, 3.63) is 35.9 Å². The molecule has 0 spiro atoms. The molecule has 0 aliphatic carbocycles. The molecule has 1 fully saturated rings. The number of carbonyl (C=O) groups is 2. The average molecular weight is 276 g/mol. The van der Waals surface area contributed by atoms with Crippen LogP contribution in [0.2, 0.25) is 0 Å². The van der Waals surface area contributed by atoms with Crippen LogP contribution in [0.5, 0.6) is 0 Å². The normalized spacial score (nSPS) is 20.4. The van der Waals surface area contributed by atoms with E-state index in [4.69, 9.17) is 0 Å². The summed E-state index contributed by atoms with van der Waals surface area (Å²) in [6, 6.07) is 8.78. The number of piperazine rings is 1. The highest BCUT2D eigenvalue weighted by Crippen LogP contribution is 2.23. The number of carbonyl (C=O) groups excluding carboxylic acids is 1. The molecule has 1 aromatic carbocycles. The largest absolute Gasteiger partial charge is 0.480 e. The van der Waals surface area contributed by atoms with Crippen molar-refractivity contribution in [3.8, 4) is 0 Å². The molecule has 0 saturated carbocycles. The van der Waals surface area contributed by atoms with Crippen LogP contribution in [-0.4, -0.2) is 47.6 Å². The maximum atomic E-state index is 12.7. The number of aliphatic carboxylic acids is 1. The topological polar surface area (TPSA) is 69.6 Å². The van der Waals surface area contributed by atoms with E-state index in [0.29, 0.717) is 26.1 Å². The van der Waals surface area contributed by atoms with Crippen LogP contribution < -0.4 is 5.32 Å². The molecule has 1 heterocycles. The number of carboxylic acids is 1. The van der Waals surface area contributed by atoms with Crippen LogP contribution in [0.25, 0.3) is 0 Å². The van der Waals surface area contributed by atoms with Gasteiger partial charge in [0.05, 0.1) is 5.92 Å². The molecular weight excluding hydrogens is 256 g/mol. The zero-order valence-electron chi connectivity index (χ0n) is 11.6. The van der Waals surface area contributed by atoms with Crippen molar-refractivity contribution in [2.45, 2.75) is 25.3 Å². The lowest BCUT2D eigenvalue weighted by atomic mass is 9.94. The highest BCUT2D eigenvalue weighted by Gasteiger charge is 2.35. The molecule has 2 N–H and O–H groups in total. The first kappa shape index (κ1) is 14.5. The summed E-state index contributed by atoms with van der Waals surface area (Å²) in [6.45, 7) is 3.35. The maximum absolute atomic E-state index is 12.7. The zero-order chi connectivity index (χ0) is 14.5. The molecular formula is C15H20N2O3. The summed E-state index contributed by atoms with van der Waals surface area (Å²) >= 11 is 0. The standard InChI is InChI=1S/C15H20N2O3/c1-2-12(11-6-4-3-5-7-11)14(18)17-9-8-16-10-13(17)15(19)20/h3-7,12-13,16H,2,8-10H2,1H3,(H,19,20). The van der Waals surface area contributed by atoms with Gasteiger partial charge in [0.25, 0.3) is 0 Å². The van der Waals surface area contributed by atoms with Crippen LogP contribution in [0.15, 0.2) is 30.3 Å². The van der Waals surface area contributed by atoms with Crippen molar-refractivity contribution in [2.75, 3.05) is 19.6 Å². The minimum absolute atomic E-state index is 0.0902. The fourth-order valence-corrected chi connectivity index (χ4v) is 2.63. The van der Waals surface area contributed by atoms with Crippen LogP contribution in [0, 0.1) is 0 Å². The molecule has 0 radical (unpaired) electrons. The Morgan fingerprint density at radius 2 is 2.10 bits per heavy atom. The third kappa shape index (κ3) is 2.99. The number of carboxylic acid groups (broad SMARTS) is 1. The van der Waals surface area contributed by atoms with Gasteiger partial charge in [-0.1, -0.05) is 37.3 Å². The number of hydrogen-bond acceptors (Lipinski definition) is 3. The molecule has 1 aromatic rings. The van der Waals surface area contributed by atoms with Crippen molar-refractivity contribution >= 4 is 11.9 Å². The van der Waals surface area contributed by atoms with Gasteiger partial charge in [0.15, 0.2) is 0 Å². The number of nitrogens with one attached hydrogen (secondary N) is 1. The fourth-order valence-electron chi connectivity index (χ4n) is 2.63. The van der Waals surface area contributed by atoms with Gasteiger partial charge in [-0.25, -0.2) is 4.79 Å². The van der Waals surface area contributed by atoms with E-state index in [2.05, 4.69) is 5.32 Å². The number of rotatable bonds is 4. The van der Waals surface area contributed by atoms with Gasteiger partial charge in [-0.3, -0.25) is 4.79 Å². The molecule has 0 bridgehead atoms. The third-order valence-electron chi connectivity index (χ3n) is 3.72. The Morgan fingerprint density at radius 1 is 1.40 bits per heavy atom. The van der Waals surface area contributed by atoms with Crippen LogP contribution in [0.4, 0.5) is 0 Å². The van der Waals surface area contributed by atoms with Gasteiger partial charge >= 0.3 is 5.97 Å². The molecule has 1 aliphatic rings. The summed E-state index contributed by atoms with van der Waals surface area (Å²) in [5.41, 5.74) is 0.947. The lowest BCUT2D eigenvalue weighted by Crippen LogP contribution is -2.57. The van der Waals surface area contributed by atoms with E-state index >= 15 is 0 Å². The number of nitrogens with zero attached hydrogens (tertiary/aromatic N) is 1. The quantitative estimate of drug-likeness (QED) is 0.863. The predicted molar refractivity (Wildman–Crippen MR) is 75.5 cm³/mol. The summed E-state index contributed by atoms with van der Waals surface area (Å²) in [7, 11) is 0. The van der Waals surface area contributed by atoms with Crippen molar-refractivity contribution < 1.29 is 14.7 Å². The second-order valence-corrected chi connectivity index (χ2v) is 4.96. The van der Waals surface area contributed by atoms with Crippen molar-refractivity contribution in [1.29, 1.82) is 0 Å². The molecule has 5 heteroatoms. The van der Waals surface area contributed by atoms with E-state index in [-0.39, 0.29) is 11.8 Å². The van der Waals surface area contributed by atoms with Crippen molar-refractivity contribution in [1.82, 2.24) is 10.2 Å². The summed E-state index contributed by atoms with van der Waals surface area (Å²) in [6.07, 6.45) is 0.666. The van der Waals surface area contributed by atoms with Gasteiger partial charge in [0, 0.05) is 19.6 Å². The Balaban J connectivity index is 2.21. The highest BCUT2D eigenvalue weighted by atomic mass is 16.4. The Bertz CT molecular complexity index is 475. The van der Waals surface area contributed by atoms with E-state index in [1.165, 1.54) is 4.90 Å². The van der Waals surface area contributed by atoms with E-state index in [0.717, 1.165) is 5.56 Å². The Morgan fingerprint density at radius 3 is 2.70 bits per heavy atom. The number of hydrogen-bond donors (Lipinski definition) is 2. The van der Waals surface area contributed by atoms with Crippen LogP contribution in [0.1, 0.15) is 24.8 Å². The maximum Gasteiger partial charge on any atom is 0.327 e. The summed E-state index contributed by atoms with van der Waals surface area (Å²) in [5.74, 6) is -1.31. The van der Waals surface area contributed by atoms with E-state index < -0.39 is 12.0 Å². The average Bonchev–Trinajstić information content (AvgIpc) is 2.49. The highest BCUT2D eigenvalue weighted by molar-refractivity contribution is 5.88. The van der Waals surface area contributed by atoms with Gasteiger partial charge in [-0.15, -0.1) is 0 Å². The monoisotopic (exact) mass is 276 g/mol. The second-order valence-electron chi connectivity index (χ2n) is 4.96. The first-order chi connectivity index (χ1) is 9.65. The lowest BCUT2D eigenvalue weighted by Gasteiger charge is -2.35. The lowest BCUT2D eigenvalue weighted by molar-refractivity contribution is -0.152. The van der Waals surface area contributed by atoms with Crippen LogP contribution >= 0.6 is 0 Å². The zero-order valence-corrected chi connectivity index (χ0v) is 11.6. The first-order valence-electron chi connectivity index (χ1n) is 6.94. The Hall–Kier alpha value is -1.88. The SMILES string of the molecule is CCC(C(=O)N1CCNCC1C(=O)O)c1ccccc1. The Labute approximate surface area is 118 Å². The summed E-state index contributed by atoms with van der Waals surface area (Å²) in [5, 5.41) is 12.3. The number of amides is 1. The first-order valence-corrected chi connectivity index (χ1v) is 6.94. The minimum atomic E-state index is -0.950. The van der Waals surface area contributed by atoms with Crippen LogP contribution in [-0.2, 0) is 9.59 Å². The molecule has 1 aliphatic heterocycles. The molecule has 0 aromatic heterocycles. The van der Waals surface area contributed by atoms with Crippen molar-refractivity contribution in [3.63, 3.8) is 0 Å². The molecule has 1 amide bonds. The third-order valence-corrected chi connectivity index (χ3v) is 3.72. The molecule has 5 nitrogen and oxygen atoms in total. The smallest absolute Gasteiger partial charge is 0.327 e. The van der Waals surface area contributed by atoms with E-state index in [1.54, 1.807) is 0 Å². The van der Waals surface area contributed by atoms with Gasteiger partial charge in [-0.05, 0) is 12.0 Å². The fraction of sp³-hybridized carbons (Fsp3) is 0.467. The summed E-state index contributed by atoms with van der Waals surface area (Å²) in [4.78, 5) is 25.5. The van der Waals surface area contributed by atoms with Gasteiger partial charge < -0.3 is 15.3 Å². The van der Waals surface area contributed by atoms with Gasteiger partial charge in [0.1, 0.15) is 6.04 Å². The van der Waals surface area contributed by atoms with Gasteiger partial charge in [-0.2, -0.15) is 0 Å². The molecule has 20 heavy (non-hydrogen) atoms. The molecule has 1 saturated heterocycles. The van der Waals surface area contributed by atoms with Gasteiger partial charge in [0.2, 0.25) is 5.91 Å². The number of benzene rings is 1. The summed E-state index contributed by atoms with van der Waals surface area (Å²) < 4.78 is 0. The van der Waals surface area contributed by atoms with Crippen molar-refractivity contribution in [2.24, 2.45) is 0 Å². The molecule has 2 rings (SSSR count). The molecule has 108 valence electrons. The van der Waals surface area contributed by atoms with E-state index in [9.17, 15) is 14.7 Å². The predicted octanol–water partition coefficient (Wildman–Crippen LogP) is 1.07. The molecule has 2 unspecified atom stereocenters. The molecule has 2 atom stereocenters.